The van der Waals surface area contributed by atoms with E-state index in [0.717, 1.165) is 0 Å². The SMILES string of the molecule is CCOC(=O)C(O[Si](OC(C(=O)OCC)(c1ccccc1)c1ccccc1)c1ccccc1)(c1ccccc1)c1ccccc1. The normalized spacial score (nSPS) is 11.6. The lowest BCUT2D eigenvalue weighted by atomic mass is 9.86. The Morgan fingerprint density at radius 3 is 1.00 bits per heavy atom. The summed E-state index contributed by atoms with van der Waals surface area (Å²) in [5, 5.41) is 0.684. The lowest BCUT2D eigenvalue weighted by Gasteiger charge is -2.39. The molecule has 0 aliphatic carbocycles. The van der Waals surface area contributed by atoms with Crippen molar-refractivity contribution in [2.45, 2.75) is 25.0 Å². The van der Waals surface area contributed by atoms with Crippen molar-refractivity contribution in [3.05, 3.63) is 174 Å². The van der Waals surface area contributed by atoms with E-state index >= 15 is 0 Å². The van der Waals surface area contributed by atoms with Crippen molar-refractivity contribution >= 4 is 26.4 Å². The average Bonchev–Trinajstić information content (AvgIpc) is 3.11. The van der Waals surface area contributed by atoms with E-state index in [1.807, 2.05) is 152 Å². The smallest absolute Gasteiger partial charge is 0.426 e. The predicted octanol–water partition coefficient (Wildman–Crippen LogP) is 6.43. The minimum absolute atomic E-state index is 0.138. The fourth-order valence-corrected chi connectivity index (χ4v) is 7.21. The summed E-state index contributed by atoms with van der Waals surface area (Å²) in [7, 11) is -2.75. The summed E-state index contributed by atoms with van der Waals surface area (Å²) in [4.78, 5) is 28.6. The minimum atomic E-state index is -2.75. The molecule has 0 amide bonds. The Morgan fingerprint density at radius 2 is 0.733 bits per heavy atom. The van der Waals surface area contributed by atoms with Crippen LogP contribution in [0.4, 0.5) is 0 Å². The van der Waals surface area contributed by atoms with Gasteiger partial charge in [0, 0.05) is 0 Å². The van der Waals surface area contributed by atoms with Crippen LogP contribution in [0.25, 0.3) is 0 Å². The standard InChI is InChI=1S/C38H35O6Si/c1-3-41-35(39)37(30-20-10-5-11-21-30,31-22-12-6-13-23-31)43-45(34-28-18-9-19-29-34)44-38(36(40)42-4-2,32-24-14-7-15-25-32)33-26-16-8-17-27-33/h5-29H,3-4H2,1-2H3. The molecule has 1 radical (unpaired) electrons. The molecular formula is C38H35O6Si. The van der Waals surface area contributed by atoms with Gasteiger partial charge in [0.15, 0.2) is 0 Å². The third-order valence-electron chi connectivity index (χ3n) is 7.35. The maximum absolute atomic E-state index is 14.3. The quantitative estimate of drug-likeness (QED) is 0.112. The van der Waals surface area contributed by atoms with Gasteiger partial charge in [-0.1, -0.05) is 152 Å². The van der Waals surface area contributed by atoms with Crippen LogP contribution in [0.1, 0.15) is 36.1 Å². The molecule has 0 fully saturated rings. The van der Waals surface area contributed by atoms with Crippen LogP contribution in [0.15, 0.2) is 152 Å². The first-order chi connectivity index (χ1) is 22.1. The van der Waals surface area contributed by atoms with E-state index in [-0.39, 0.29) is 13.2 Å². The molecule has 7 heteroatoms. The summed E-state index contributed by atoms with van der Waals surface area (Å²) in [6.07, 6.45) is 0. The maximum Gasteiger partial charge on any atom is 0.426 e. The van der Waals surface area contributed by atoms with E-state index in [4.69, 9.17) is 18.3 Å². The second-order valence-electron chi connectivity index (χ2n) is 10.1. The third kappa shape index (κ3) is 6.51. The van der Waals surface area contributed by atoms with E-state index in [9.17, 15) is 9.59 Å². The molecule has 45 heavy (non-hydrogen) atoms. The van der Waals surface area contributed by atoms with Crippen LogP contribution < -0.4 is 5.19 Å². The van der Waals surface area contributed by atoms with Gasteiger partial charge in [-0.2, -0.15) is 0 Å². The topological polar surface area (TPSA) is 71.1 Å². The molecule has 0 aromatic heterocycles. The molecule has 5 rings (SSSR count). The van der Waals surface area contributed by atoms with Crippen LogP contribution in [0.3, 0.4) is 0 Å². The first kappa shape index (κ1) is 31.6. The van der Waals surface area contributed by atoms with Crippen molar-refractivity contribution in [3.8, 4) is 0 Å². The van der Waals surface area contributed by atoms with E-state index in [2.05, 4.69) is 0 Å². The molecule has 0 heterocycles. The largest absolute Gasteiger partial charge is 0.463 e. The Balaban J connectivity index is 1.79. The fourth-order valence-electron chi connectivity index (χ4n) is 5.27. The van der Waals surface area contributed by atoms with E-state index in [1.54, 1.807) is 13.8 Å². The van der Waals surface area contributed by atoms with Gasteiger partial charge in [-0.3, -0.25) is 0 Å². The highest BCUT2D eigenvalue weighted by molar-refractivity contribution is 6.62. The van der Waals surface area contributed by atoms with Crippen molar-refractivity contribution in [1.29, 1.82) is 0 Å². The van der Waals surface area contributed by atoms with Gasteiger partial charge >= 0.3 is 21.2 Å². The number of carbonyl (C=O) groups is 2. The van der Waals surface area contributed by atoms with Crippen LogP contribution in [0.2, 0.25) is 0 Å². The van der Waals surface area contributed by atoms with Crippen molar-refractivity contribution in [1.82, 2.24) is 0 Å². The Bertz CT molecular complexity index is 1460. The van der Waals surface area contributed by atoms with Gasteiger partial charge in [0.1, 0.15) is 0 Å². The van der Waals surface area contributed by atoms with Gasteiger partial charge in [-0.05, 0) is 41.3 Å². The molecule has 0 unspecified atom stereocenters. The van der Waals surface area contributed by atoms with Gasteiger partial charge < -0.3 is 18.3 Å². The van der Waals surface area contributed by atoms with Gasteiger partial charge in [-0.25, -0.2) is 9.59 Å². The van der Waals surface area contributed by atoms with Crippen molar-refractivity contribution in [2.24, 2.45) is 0 Å². The maximum atomic E-state index is 14.3. The Labute approximate surface area is 266 Å². The second-order valence-corrected chi connectivity index (χ2v) is 11.7. The average molecular weight is 616 g/mol. The van der Waals surface area contributed by atoms with Crippen LogP contribution in [-0.4, -0.2) is 34.4 Å². The summed E-state index contributed by atoms with van der Waals surface area (Å²) in [6, 6.07) is 46.4. The van der Waals surface area contributed by atoms with Crippen LogP contribution in [0, 0.1) is 0 Å². The van der Waals surface area contributed by atoms with E-state index in [1.165, 1.54) is 0 Å². The van der Waals surface area contributed by atoms with Gasteiger partial charge in [-0.15, -0.1) is 0 Å². The van der Waals surface area contributed by atoms with Crippen LogP contribution in [-0.2, 0) is 39.1 Å². The highest BCUT2D eigenvalue weighted by Crippen LogP contribution is 2.40. The zero-order chi connectivity index (χ0) is 31.5. The van der Waals surface area contributed by atoms with Crippen molar-refractivity contribution in [2.75, 3.05) is 13.2 Å². The van der Waals surface area contributed by atoms with Gasteiger partial charge in [0.05, 0.1) is 13.2 Å². The lowest BCUT2D eigenvalue weighted by molar-refractivity contribution is -0.164. The van der Waals surface area contributed by atoms with Crippen LogP contribution in [0.5, 0.6) is 0 Å². The molecule has 0 aliphatic heterocycles. The summed E-state index contributed by atoms with van der Waals surface area (Å²) < 4.78 is 25.8. The Kier molecular flexibility index (Phi) is 10.4. The van der Waals surface area contributed by atoms with Crippen molar-refractivity contribution < 1.29 is 27.9 Å². The van der Waals surface area contributed by atoms with Crippen molar-refractivity contribution in [3.63, 3.8) is 0 Å². The molecule has 0 bridgehead atoms. The molecular weight excluding hydrogens is 580 g/mol. The minimum Gasteiger partial charge on any atom is -0.463 e. The third-order valence-corrected chi connectivity index (χ3v) is 9.14. The molecule has 227 valence electrons. The first-order valence-electron chi connectivity index (χ1n) is 14.9. The summed E-state index contributed by atoms with van der Waals surface area (Å²) in [5.74, 6) is -1.18. The zero-order valence-electron chi connectivity index (χ0n) is 25.3. The Hall–Kier alpha value is -4.82. The lowest BCUT2D eigenvalue weighted by Crippen LogP contribution is -2.55. The molecule has 0 aliphatic rings. The summed E-state index contributed by atoms with van der Waals surface area (Å²) in [5.41, 5.74) is -1.18. The molecule has 0 atom stereocenters. The molecule has 0 saturated carbocycles. The molecule has 6 nitrogen and oxygen atoms in total. The molecule has 0 spiro atoms. The number of hydrogen-bond acceptors (Lipinski definition) is 6. The number of rotatable bonds is 13. The fraction of sp³-hybridized carbons (Fsp3) is 0.158. The Morgan fingerprint density at radius 1 is 0.467 bits per heavy atom. The number of hydrogen-bond donors (Lipinski definition) is 0. The molecule has 0 N–H and O–H groups in total. The van der Waals surface area contributed by atoms with Crippen LogP contribution >= 0.6 is 0 Å². The zero-order valence-corrected chi connectivity index (χ0v) is 26.3. The van der Waals surface area contributed by atoms with Gasteiger partial charge in [0.25, 0.3) is 0 Å². The number of esters is 2. The first-order valence-corrected chi connectivity index (χ1v) is 16.2. The van der Waals surface area contributed by atoms with E-state index < -0.39 is 32.4 Å². The second kappa shape index (κ2) is 14.8. The summed E-state index contributed by atoms with van der Waals surface area (Å²) >= 11 is 0. The molecule has 5 aromatic carbocycles. The monoisotopic (exact) mass is 615 g/mol. The number of carbonyl (C=O) groups excluding carboxylic acids is 2. The number of benzene rings is 5. The van der Waals surface area contributed by atoms with E-state index in [0.29, 0.717) is 27.4 Å². The predicted molar refractivity (Wildman–Crippen MR) is 175 cm³/mol. The molecule has 0 saturated heterocycles. The summed E-state index contributed by atoms with van der Waals surface area (Å²) in [6.45, 7) is 3.79. The highest BCUT2D eigenvalue weighted by atomic mass is 28.3. The number of ether oxygens (including phenoxy) is 2. The van der Waals surface area contributed by atoms with Gasteiger partial charge in [0.2, 0.25) is 11.2 Å². The highest BCUT2D eigenvalue weighted by Gasteiger charge is 2.53. The molecule has 5 aromatic rings.